The standard InChI is InChI=1S/C14H12ClN3O/c1-10-7-12(3-4-13(10)15)19-9-11-8-18-6-2-5-16-14(18)17-11/h2-8H,9H2,1H3/p+1. The SMILES string of the molecule is Cc1cc(OCc2c[n+]3cccnc3[nH]2)ccc1Cl. The maximum absolute atomic E-state index is 5.98. The Hall–Kier alpha value is -2.07. The van der Waals surface area contributed by atoms with Crippen molar-refractivity contribution in [3.8, 4) is 5.75 Å². The van der Waals surface area contributed by atoms with Gasteiger partial charge in [-0.1, -0.05) is 16.6 Å². The van der Waals surface area contributed by atoms with Crippen LogP contribution in [0.4, 0.5) is 0 Å². The lowest BCUT2D eigenvalue weighted by molar-refractivity contribution is -0.513. The van der Waals surface area contributed by atoms with Gasteiger partial charge < -0.3 is 4.74 Å². The number of ether oxygens (including phenoxy) is 1. The lowest BCUT2D eigenvalue weighted by Gasteiger charge is -2.05. The van der Waals surface area contributed by atoms with Crippen LogP contribution < -0.4 is 9.14 Å². The van der Waals surface area contributed by atoms with Crippen molar-refractivity contribution in [2.24, 2.45) is 0 Å². The number of imidazole rings is 1. The number of fused-ring (bicyclic) bond motifs is 1. The summed E-state index contributed by atoms with van der Waals surface area (Å²) in [6.07, 6.45) is 5.65. The highest BCUT2D eigenvalue weighted by Gasteiger charge is 2.08. The quantitative estimate of drug-likeness (QED) is 0.746. The molecule has 3 rings (SSSR count). The number of benzene rings is 1. The van der Waals surface area contributed by atoms with E-state index in [0.29, 0.717) is 6.61 Å². The fraction of sp³-hybridized carbons (Fsp3) is 0.143. The molecular formula is C14H13ClN3O+. The predicted molar refractivity (Wildman–Crippen MR) is 72.3 cm³/mol. The highest BCUT2D eigenvalue weighted by Crippen LogP contribution is 2.21. The summed E-state index contributed by atoms with van der Waals surface area (Å²) in [5, 5.41) is 0.748. The molecular weight excluding hydrogens is 262 g/mol. The summed E-state index contributed by atoms with van der Waals surface area (Å²) in [4.78, 5) is 7.41. The largest absolute Gasteiger partial charge is 0.486 e. The first-order valence-corrected chi connectivity index (χ1v) is 6.33. The fourth-order valence-corrected chi connectivity index (χ4v) is 1.99. The first-order chi connectivity index (χ1) is 9.22. The van der Waals surface area contributed by atoms with Gasteiger partial charge in [0.15, 0.2) is 0 Å². The number of rotatable bonds is 3. The van der Waals surface area contributed by atoms with Gasteiger partial charge in [-0.05, 0) is 30.7 Å². The molecule has 0 atom stereocenters. The highest BCUT2D eigenvalue weighted by atomic mass is 35.5. The molecule has 0 saturated carbocycles. The van der Waals surface area contributed by atoms with Gasteiger partial charge >= 0.3 is 5.78 Å². The van der Waals surface area contributed by atoms with Crippen LogP contribution in [0.5, 0.6) is 5.75 Å². The van der Waals surface area contributed by atoms with Gasteiger partial charge in [-0.15, -0.1) is 0 Å². The molecule has 0 spiro atoms. The van der Waals surface area contributed by atoms with Crippen molar-refractivity contribution >= 4 is 17.4 Å². The number of halogens is 1. The number of aryl methyl sites for hydroxylation is 1. The second-order valence-electron chi connectivity index (χ2n) is 4.33. The van der Waals surface area contributed by atoms with E-state index in [4.69, 9.17) is 16.3 Å². The van der Waals surface area contributed by atoms with Gasteiger partial charge in [-0.3, -0.25) is 0 Å². The number of nitrogens with one attached hydrogen (secondary N) is 1. The average Bonchev–Trinajstić information content (AvgIpc) is 2.83. The van der Waals surface area contributed by atoms with Crippen LogP contribution >= 0.6 is 11.6 Å². The Morgan fingerprint density at radius 3 is 3.11 bits per heavy atom. The minimum atomic E-state index is 0.463. The van der Waals surface area contributed by atoms with E-state index in [1.54, 1.807) is 6.20 Å². The predicted octanol–water partition coefficient (Wildman–Crippen LogP) is 2.69. The second-order valence-corrected chi connectivity index (χ2v) is 4.74. The van der Waals surface area contributed by atoms with E-state index in [1.807, 2.05) is 48.0 Å². The van der Waals surface area contributed by atoms with Crippen LogP contribution in [0.2, 0.25) is 5.02 Å². The van der Waals surface area contributed by atoms with Crippen molar-refractivity contribution in [3.05, 3.63) is 59.1 Å². The van der Waals surface area contributed by atoms with Gasteiger partial charge in [-0.25, -0.2) is 9.38 Å². The summed E-state index contributed by atoms with van der Waals surface area (Å²) in [5.74, 6) is 1.60. The number of hydrogen-bond acceptors (Lipinski definition) is 2. The van der Waals surface area contributed by atoms with E-state index in [1.165, 1.54) is 0 Å². The zero-order valence-electron chi connectivity index (χ0n) is 10.4. The maximum atomic E-state index is 5.98. The Bertz CT molecular complexity index is 691. The molecule has 0 saturated heterocycles. The van der Waals surface area contributed by atoms with Crippen LogP contribution in [0.15, 0.2) is 42.9 Å². The summed E-state index contributed by atoms with van der Waals surface area (Å²) in [6.45, 7) is 2.42. The van der Waals surface area contributed by atoms with Crippen LogP contribution in [-0.2, 0) is 6.61 Å². The molecule has 4 nitrogen and oxygen atoms in total. The van der Waals surface area contributed by atoms with Crippen LogP contribution in [0.3, 0.4) is 0 Å². The third-order valence-electron chi connectivity index (χ3n) is 2.87. The van der Waals surface area contributed by atoms with Crippen LogP contribution in [0.25, 0.3) is 5.78 Å². The molecule has 0 aliphatic heterocycles. The van der Waals surface area contributed by atoms with Crippen molar-refractivity contribution in [1.82, 2.24) is 9.97 Å². The van der Waals surface area contributed by atoms with E-state index in [9.17, 15) is 0 Å². The first kappa shape index (κ1) is 12.0. The van der Waals surface area contributed by atoms with Gasteiger partial charge in [-0.2, -0.15) is 0 Å². The minimum Gasteiger partial charge on any atom is -0.486 e. The Labute approximate surface area is 115 Å². The first-order valence-electron chi connectivity index (χ1n) is 5.95. The Morgan fingerprint density at radius 1 is 1.42 bits per heavy atom. The smallest absolute Gasteiger partial charge is 0.401 e. The van der Waals surface area contributed by atoms with E-state index in [2.05, 4.69) is 9.97 Å². The van der Waals surface area contributed by atoms with Crippen molar-refractivity contribution in [2.45, 2.75) is 13.5 Å². The van der Waals surface area contributed by atoms with Crippen LogP contribution in [0.1, 0.15) is 11.3 Å². The summed E-state index contributed by atoms with van der Waals surface area (Å²) >= 11 is 5.98. The number of H-pyrrole nitrogens is 1. The average molecular weight is 275 g/mol. The molecule has 2 aromatic heterocycles. The number of nitrogens with zero attached hydrogens (tertiary/aromatic N) is 2. The number of hydrogen-bond donors (Lipinski definition) is 1. The molecule has 0 unspecified atom stereocenters. The molecule has 2 heterocycles. The second kappa shape index (κ2) is 4.90. The molecule has 0 aliphatic rings. The summed E-state index contributed by atoms with van der Waals surface area (Å²) in [6, 6.07) is 7.52. The third kappa shape index (κ3) is 2.53. The molecule has 19 heavy (non-hydrogen) atoms. The van der Waals surface area contributed by atoms with Crippen molar-refractivity contribution in [3.63, 3.8) is 0 Å². The van der Waals surface area contributed by atoms with E-state index < -0.39 is 0 Å². The molecule has 5 heteroatoms. The Morgan fingerprint density at radius 2 is 2.32 bits per heavy atom. The topological polar surface area (TPSA) is 42.0 Å². The molecule has 0 bridgehead atoms. The van der Waals surface area contributed by atoms with Gasteiger partial charge in [0.25, 0.3) is 0 Å². The van der Waals surface area contributed by atoms with Crippen molar-refractivity contribution < 1.29 is 9.14 Å². The van der Waals surface area contributed by atoms with Gasteiger partial charge in [0, 0.05) is 11.1 Å². The molecule has 0 radical (unpaired) electrons. The molecule has 1 aromatic carbocycles. The third-order valence-corrected chi connectivity index (χ3v) is 3.29. The van der Waals surface area contributed by atoms with E-state index in [-0.39, 0.29) is 0 Å². The fourth-order valence-electron chi connectivity index (χ4n) is 1.87. The maximum Gasteiger partial charge on any atom is 0.401 e. The van der Waals surface area contributed by atoms with Gasteiger partial charge in [0.05, 0.1) is 6.20 Å². The molecule has 0 amide bonds. The molecule has 0 aliphatic carbocycles. The Balaban J connectivity index is 1.76. The van der Waals surface area contributed by atoms with Gasteiger partial charge in [0.2, 0.25) is 0 Å². The lowest BCUT2D eigenvalue weighted by Crippen LogP contribution is -2.17. The zero-order valence-corrected chi connectivity index (χ0v) is 11.2. The molecule has 0 fully saturated rings. The highest BCUT2D eigenvalue weighted by molar-refractivity contribution is 6.31. The molecule has 3 aromatic rings. The Kier molecular flexibility index (Phi) is 3.09. The van der Waals surface area contributed by atoms with Crippen LogP contribution in [0, 0.1) is 6.92 Å². The van der Waals surface area contributed by atoms with Crippen molar-refractivity contribution in [1.29, 1.82) is 0 Å². The monoisotopic (exact) mass is 274 g/mol. The summed E-state index contributed by atoms with van der Waals surface area (Å²) in [7, 11) is 0. The number of aromatic nitrogens is 3. The van der Waals surface area contributed by atoms with E-state index >= 15 is 0 Å². The number of aromatic amines is 1. The normalized spacial score (nSPS) is 10.8. The molecule has 1 N–H and O–H groups in total. The van der Waals surface area contributed by atoms with Gasteiger partial charge in [0.1, 0.15) is 30.4 Å². The van der Waals surface area contributed by atoms with Crippen molar-refractivity contribution in [2.75, 3.05) is 0 Å². The zero-order chi connectivity index (χ0) is 13.2. The molecule has 96 valence electrons. The van der Waals surface area contributed by atoms with E-state index in [0.717, 1.165) is 27.8 Å². The summed E-state index contributed by atoms with van der Waals surface area (Å²) in [5.41, 5.74) is 1.97. The summed E-state index contributed by atoms with van der Waals surface area (Å²) < 4.78 is 7.65. The lowest BCUT2D eigenvalue weighted by atomic mass is 10.2. The minimum absolute atomic E-state index is 0.463. The van der Waals surface area contributed by atoms with Crippen LogP contribution in [-0.4, -0.2) is 9.97 Å².